The van der Waals surface area contributed by atoms with Crippen LogP contribution in [0.25, 0.3) is 0 Å². The third-order valence-electron chi connectivity index (χ3n) is 6.29. The summed E-state index contributed by atoms with van der Waals surface area (Å²) in [6.45, 7) is 3.27. The average molecular weight is 508 g/mol. The Hall–Kier alpha value is -0.0100. The van der Waals surface area contributed by atoms with Crippen LogP contribution in [0, 0.1) is 0 Å². The first-order valence-corrected chi connectivity index (χ1v) is 15.4. The second-order valence-electron chi connectivity index (χ2n) is 10.8. The Morgan fingerprint density at radius 2 is 1.32 bits per heavy atom. The van der Waals surface area contributed by atoms with Crippen molar-refractivity contribution in [2.24, 2.45) is 0 Å². The Bertz CT molecular complexity index is 528. The second-order valence-corrected chi connectivity index (χ2v) is 12.3. The van der Waals surface area contributed by atoms with Gasteiger partial charge in [-0.25, -0.2) is 0 Å². The minimum atomic E-state index is -4.30. The minimum absolute atomic E-state index is 0.0550. The van der Waals surface area contributed by atoms with Gasteiger partial charge in [0.2, 0.25) is 0 Å². The number of phosphoric ester groups is 1. The summed E-state index contributed by atoms with van der Waals surface area (Å²) in [5, 5.41) is 0. The molecule has 0 N–H and O–H groups in total. The summed E-state index contributed by atoms with van der Waals surface area (Å²) < 4.78 is 33.8. The molecular formula is C26H54NO6P. The number of rotatable bonds is 23. The first-order valence-electron chi connectivity index (χ1n) is 13.9. The van der Waals surface area contributed by atoms with E-state index in [4.69, 9.17) is 18.5 Å². The Balaban J connectivity index is 1.90. The highest BCUT2D eigenvalue weighted by molar-refractivity contribution is 7.45. The first-order chi connectivity index (χ1) is 16.2. The number of likely N-dealkylation sites (N-methyl/N-ethyl adjacent to an activating group) is 1. The van der Waals surface area contributed by atoms with Gasteiger partial charge in [0.05, 0.1) is 34.4 Å². The number of unbranched alkanes of at least 4 members (excludes halogenated alkanes) is 14. The monoisotopic (exact) mass is 507 g/mol. The van der Waals surface area contributed by atoms with Gasteiger partial charge in [-0.05, 0) is 12.8 Å². The fourth-order valence-corrected chi connectivity index (χ4v) is 4.80. The first kappa shape index (κ1) is 32.0. The summed E-state index contributed by atoms with van der Waals surface area (Å²) in [5.41, 5.74) is 0. The summed E-state index contributed by atoms with van der Waals surface area (Å²) in [7, 11) is 1.62. The van der Waals surface area contributed by atoms with Crippen molar-refractivity contribution >= 4 is 7.82 Å². The molecule has 0 aromatic carbocycles. The predicted molar refractivity (Wildman–Crippen MR) is 137 cm³/mol. The van der Waals surface area contributed by atoms with E-state index in [1.165, 1.54) is 89.9 Å². The molecule has 1 fully saturated rings. The lowest BCUT2D eigenvalue weighted by Crippen LogP contribution is -2.37. The van der Waals surface area contributed by atoms with E-state index >= 15 is 0 Å². The number of ether oxygens (including phenoxy) is 2. The van der Waals surface area contributed by atoms with Crippen molar-refractivity contribution in [1.82, 2.24) is 0 Å². The molecule has 0 spiro atoms. The normalized spacial score (nSPS) is 20.6. The van der Waals surface area contributed by atoms with Crippen LogP contribution in [-0.4, -0.2) is 64.4 Å². The van der Waals surface area contributed by atoms with Gasteiger partial charge in [0.15, 0.2) is 6.29 Å². The van der Waals surface area contributed by atoms with Gasteiger partial charge in [-0.2, -0.15) is 0 Å². The fraction of sp³-hybridized carbons (Fsp3) is 1.00. The molecule has 1 aliphatic heterocycles. The third kappa shape index (κ3) is 19.2. The third-order valence-corrected chi connectivity index (χ3v) is 7.25. The van der Waals surface area contributed by atoms with Crippen molar-refractivity contribution in [2.75, 3.05) is 47.5 Å². The van der Waals surface area contributed by atoms with E-state index in [9.17, 15) is 9.46 Å². The molecule has 1 heterocycles. The molecule has 0 aromatic rings. The lowest BCUT2D eigenvalue weighted by Gasteiger charge is -2.27. The highest BCUT2D eigenvalue weighted by Crippen LogP contribution is 2.38. The van der Waals surface area contributed by atoms with E-state index < -0.39 is 7.82 Å². The van der Waals surface area contributed by atoms with E-state index in [1.54, 1.807) is 0 Å². The van der Waals surface area contributed by atoms with Gasteiger partial charge in [0, 0.05) is 0 Å². The molecule has 3 atom stereocenters. The highest BCUT2D eigenvalue weighted by Gasteiger charge is 2.27. The number of phosphoric acid groups is 1. The second kappa shape index (κ2) is 19.1. The summed E-state index contributed by atoms with van der Waals surface area (Å²) in [6.07, 6.45) is 20.4. The largest absolute Gasteiger partial charge is 0.756 e. The summed E-state index contributed by atoms with van der Waals surface area (Å²) >= 11 is 0. The Morgan fingerprint density at radius 1 is 0.824 bits per heavy atom. The molecule has 3 unspecified atom stereocenters. The zero-order chi connectivity index (χ0) is 25.1. The van der Waals surface area contributed by atoms with Crippen molar-refractivity contribution in [3.05, 3.63) is 0 Å². The van der Waals surface area contributed by atoms with Crippen molar-refractivity contribution < 1.29 is 32.5 Å². The van der Waals surface area contributed by atoms with Crippen molar-refractivity contribution in [3.63, 3.8) is 0 Å². The summed E-state index contributed by atoms with van der Waals surface area (Å²) in [4.78, 5) is 11.9. The molecule has 1 rings (SSSR count). The fourth-order valence-electron chi connectivity index (χ4n) is 4.07. The molecule has 8 heteroatoms. The molecule has 34 heavy (non-hydrogen) atoms. The SMILES string of the molecule is CCCCCCCCCCCCCCCCCC1OCC(COP(=O)([O-])OCC[N+](C)(C)C)O1. The Morgan fingerprint density at radius 3 is 1.82 bits per heavy atom. The Labute approximate surface area is 210 Å². The van der Waals surface area contributed by atoms with Gasteiger partial charge < -0.3 is 27.9 Å². The number of nitrogens with zero attached hydrogens (tertiary/aromatic N) is 1. The van der Waals surface area contributed by atoms with Gasteiger partial charge in [-0.3, -0.25) is 4.57 Å². The predicted octanol–water partition coefficient (Wildman–Crippen LogP) is 6.20. The van der Waals surface area contributed by atoms with Crippen LogP contribution in [0.15, 0.2) is 0 Å². The zero-order valence-corrected chi connectivity index (χ0v) is 23.5. The molecule has 1 aliphatic rings. The van der Waals surface area contributed by atoms with Crippen LogP contribution in [0.5, 0.6) is 0 Å². The van der Waals surface area contributed by atoms with Gasteiger partial charge >= 0.3 is 0 Å². The molecule has 7 nitrogen and oxygen atoms in total. The standard InChI is InChI=1S/C26H54NO6P/c1-5-6-7-8-9-10-11-12-13-14-15-16-17-18-19-20-26-30-23-25(33-26)24-32-34(28,29)31-22-21-27(2,3)4/h25-26H,5-24H2,1-4H3. The van der Waals surface area contributed by atoms with Crippen LogP contribution in [0.2, 0.25) is 0 Å². The van der Waals surface area contributed by atoms with E-state index in [1.807, 2.05) is 21.1 Å². The van der Waals surface area contributed by atoms with Crippen molar-refractivity contribution in [2.45, 2.75) is 122 Å². The molecular weight excluding hydrogens is 453 g/mol. The number of quaternary nitrogens is 1. The Kier molecular flexibility index (Phi) is 18.0. The lowest BCUT2D eigenvalue weighted by molar-refractivity contribution is -0.870. The topological polar surface area (TPSA) is 77.1 Å². The average Bonchev–Trinajstić information content (AvgIpc) is 3.22. The van der Waals surface area contributed by atoms with E-state index in [0.29, 0.717) is 17.6 Å². The van der Waals surface area contributed by atoms with Crippen LogP contribution < -0.4 is 4.89 Å². The maximum Gasteiger partial charge on any atom is 0.268 e. The minimum Gasteiger partial charge on any atom is -0.756 e. The lowest BCUT2D eigenvalue weighted by atomic mass is 10.0. The van der Waals surface area contributed by atoms with Crippen LogP contribution in [-0.2, 0) is 23.1 Å². The smallest absolute Gasteiger partial charge is 0.268 e. The van der Waals surface area contributed by atoms with Gasteiger partial charge in [0.25, 0.3) is 7.82 Å². The van der Waals surface area contributed by atoms with Gasteiger partial charge in [0.1, 0.15) is 19.3 Å². The van der Waals surface area contributed by atoms with E-state index in [-0.39, 0.29) is 25.6 Å². The van der Waals surface area contributed by atoms with Gasteiger partial charge in [-0.15, -0.1) is 0 Å². The molecule has 0 radical (unpaired) electrons. The molecule has 1 saturated heterocycles. The molecule has 0 aromatic heterocycles. The maximum absolute atomic E-state index is 11.9. The maximum atomic E-state index is 11.9. The molecule has 0 amide bonds. The summed E-state index contributed by atoms with van der Waals surface area (Å²) in [5.74, 6) is 0. The van der Waals surface area contributed by atoms with E-state index in [2.05, 4.69) is 6.92 Å². The van der Waals surface area contributed by atoms with Crippen LogP contribution in [0.1, 0.15) is 110 Å². The molecule has 0 bridgehead atoms. The van der Waals surface area contributed by atoms with E-state index in [0.717, 1.165) is 12.8 Å². The molecule has 0 saturated carbocycles. The highest BCUT2D eigenvalue weighted by atomic mass is 31.2. The van der Waals surface area contributed by atoms with Crippen LogP contribution >= 0.6 is 7.82 Å². The van der Waals surface area contributed by atoms with Crippen molar-refractivity contribution in [1.29, 1.82) is 0 Å². The van der Waals surface area contributed by atoms with Gasteiger partial charge in [-0.1, -0.05) is 96.8 Å². The quantitative estimate of drug-likeness (QED) is 0.0931. The zero-order valence-electron chi connectivity index (χ0n) is 22.6. The molecule has 204 valence electrons. The number of hydrogen-bond acceptors (Lipinski definition) is 6. The van der Waals surface area contributed by atoms with Crippen LogP contribution in [0.4, 0.5) is 0 Å². The number of hydrogen-bond donors (Lipinski definition) is 0. The molecule has 0 aliphatic carbocycles. The summed E-state index contributed by atoms with van der Waals surface area (Å²) in [6, 6.07) is 0. The van der Waals surface area contributed by atoms with Crippen molar-refractivity contribution in [3.8, 4) is 0 Å². The van der Waals surface area contributed by atoms with Crippen LogP contribution in [0.3, 0.4) is 0 Å².